The van der Waals surface area contributed by atoms with Gasteiger partial charge in [-0.15, -0.1) is 0 Å². The molecule has 0 saturated carbocycles. The third-order valence-corrected chi connectivity index (χ3v) is 2.82. The minimum Gasteiger partial charge on any atom is -0.399 e. The molecule has 0 unspecified atom stereocenters. The average Bonchev–Trinajstić information content (AvgIpc) is 2.28. The number of anilines is 2. The number of rotatable bonds is 6. The maximum Gasteiger partial charge on any atom is 0.224 e. The smallest absolute Gasteiger partial charge is 0.224 e. The van der Waals surface area contributed by atoms with Gasteiger partial charge in [-0.25, -0.2) is 0 Å². The highest BCUT2D eigenvalue weighted by atomic mass is 79.9. The van der Waals surface area contributed by atoms with Crippen molar-refractivity contribution in [1.29, 1.82) is 0 Å². The number of benzene rings is 1. The van der Waals surface area contributed by atoms with Gasteiger partial charge in [0.15, 0.2) is 0 Å². The zero-order valence-electron chi connectivity index (χ0n) is 9.83. The fraction of sp³-hybridized carbons (Fsp3) is 0.417. The van der Waals surface area contributed by atoms with Gasteiger partial charge >= 0.3 is 0 Å². The van der Waals surface area contributed by atoms with Crippen molar-refractivity contribution in [3.8, 4) is 0 Å². The van der Waals surface area contributed by atoms with Gasteiger partial charge < -0.3 is 15.8 Å². The molecule has 1 aromatic carbocycles. The Morgan fingerprint density at radius 3 is 2.94 bits per heavy atom. The summed E-state index contributed by atoms with van der Waals surface area (Å²) < 4.78 is 5.96. The number of hydrogen-bond donors (Lipinski definition) is 2. The molecule has 0 heterocycles. The molecule has 0 bridgehead atoms. The summed E-state index contributed by atoms with van der Waals surface area (Å²) >= 11 is 3.35. The van der Waals surface area contributed by atoms with Crippen LogP contribution >= 0.6 is 15.9 Å². The summed E-state index contributed by atoms with van der Waals surface area (Å²) in [5.41, 5.74) is 7.01. The van der Waals surface area contributed by atoms with Crippen LogP contribution in [0.15, 0.2) is 22.7 Å². The van der Waals surface area contributed by atoms with Gasteiger partial charge in [-0.05, 0) is 47.5 Å². The molecule has 0 radical (unpaired) electrons. The summed E-state index contributed by atoms with van der Waals surface area (Å²) in [5.74, 6) is -0.0184. The van der Waals surface area contributed by atoms with Gasteiger partial charge in [0.05, 0.1) is 5.69 Å². The molecule has 0 fully saturated rings. The van der Waals surface area contributed by atoms with Crippen LogP contribution in [0.5, 0.6) is 0 Å². The van der Waals surface area contributed by atoms with Crippen molar-refractivity contribution >= 4 is 33.2 Å². The Hall–Kier alpha value is -1.07. The normalized spacial score (nSPS) is 10.2. The SMILES string of the molecule is CCOCCCC(=O)Nc1ccc(N)cc1Br. The van der Waals surface area contributed by atoms with E-state index in [4.69, 9.17) is 10.5 Å². The second-order valence-electron chi connectivity index (χ2n) is 3.59. The Kier molecular flexibility index (Phi) is 6.00. The first-order valence-electron chi connectivity index (χ1n) is 5.56. The van der Waals surface area contributed by atoms with Crippen LogP contribution in [-0.4, -0.2) is 19.1 Å². The number of carbonyl (C=O) groups is 1. The van der Waals surface area contributed by atoms with E-state index in [9.17, 15) is 4.79 Å². The van der Waals surface area contributed by atoms with Gasteiger partial charge in [0.25, 0.3) is 0 Å². The minimum absolute atomic E-state index is 0.0184. The molecule has 4 nitrogen and oxygen atoms in total. The Bertz CT molecular complexity index is 383. The van der Waals surface area contributed by atoms with E-state index in [1.165, 1.54) is 0 Å². The largest absolute Gasteiger partial charge is 0.399 e. The molecular formula is C12H17BrN2O2. The topological polar surface area (TPSA) is 64.3 Å². The predicted octanol–water partition coefficient (Wildman–Crippen LogP) is 2.79. The lowest BCUT2D eigenvalue weighted by atomic mass is 10.2. The summed E-state index contributed by atoms with van der Waals surface area (Å²) in [6.45, 7) is 3.24. The Morgan fingerprint density at radius 2 is 2.29 bits per heavy atom. The molecule has 0 aliphatic rings. The van der Waals surface area contributed by atoms with Crippen LogP contribution in [0, 0.1) is 0 Å². The molecule has 94 valence electrons. The zero-order valence-corrected chi connectivity index (χ0v) is 11.4. The van der Waals surface area contributed by atoms with Gasteiger partial charge in [0, 0.05) is 29.8 Å². The molecule has 3 N–H and O–H groups in total. The number of ether oxygens (including phenoxy) is 1. The van der Waals surface area contributed by atoms with Crippen molar-refractivity contribution in [1.82, 2.24) is 0 Å². The summed E-state index contributed by atoms with van der Waals surface area (Å²) in [4.78, 5) is 11.6. The zero-order chi connectivity index (χ0) is 12.7. The van der Waals surface area contributed by atoms with Crippen molar-refractivity contribution in [2.24, 2.45) is 0 Å². The monoisotopic (exact) mass is 300 g/mol. The number of halogens is 1. The molecule has 17 heavy (non-hydrogen) atoms. The Balaban J connectivity index is 2.40. The van der Waals surface area contributed by atoms with Crippen LogP contribution in [0.3, 0.4) is 0 Å². The maximum atomic E-state index is 11.6. The molecule has 0 atom stereocenters. The highest BCUT2D eigenvalue weighted by Crippen LogP contribution is 2.24. The number of amides is 1. The van der Waals surface area contributed by atoms with Crippen molar-refractivity contribution in [3.63, 3.8) is 0 Å². The van der Waals surface area contributed by atoms with E-state index in [1.54, 1.807) is 18.2 Å². The summed E-state index contributed by atoms with van der Waals surface area (Å²) in [5, 5.41) is 2.82. The Morgan fingerprint density at radius 1 is 1.53 bits per heavy atom. The third-order valence-electron chi connectivity index (χ3n) is 2.16. The van der Waals surface area contributed by atoms with E-state index in [-0.39, 0.29) is 5.91 Å². The second kappa shape index (κ2) is 7.29. The van der Waals surface area contributed by atoms with Crippen LogP contribution in [0.4, 0.5) is 11.4 Å². The van der Waals surface area contributed by atoms with E-state index in [0.717, 1.165) is 16.6 Å². The lowest BCUT2D eigenvalue weighted by Gasteiger charge is -2.08. The van der Waals surface area contributed by atoms with E-state index >= 15 is 0 Å². The number of nitrogens with two attached hydrogens (primary N) is 1. The first-order valence-corrected chi connectivity index (χ1v) is 6.35. The summed E-state index contributed by atoms with van der Waals surface area (Å²) in [6.07, 6.45) is 1.18. The predicted molar refractivity (Wildman–Crippen MR) is 72.9 cm³/mol. The molecule has 0 spiro atoms. The standard InChI is InChI=1S/C12H17BrN2O2/c1-2-17-7-3-4-12(16)15-11-6-5-9(14)8-10(11)13/h5-6,8H,2-4,7,14H2,1H3,(H,15,16). The van der Waals surface area contributed by atoms with Gasteiger partial charge in [-0.3, -0.25) is 4.79 Å². The first-order chi connectivity index (χ1) is 8.13. The Labute approximate surface area is 110 Å². The van der Waals surface area contributed by atoms with Gasteiger partial charge in [0.2, 0.25) is 5.91 Å². The van der Waals surface area contributed by atoms with E-state index < -0.39 is 0 Å². The first kappa shape index (κ1) is 14.0. The van der Waals surface area contributed by atoms with Crippen molar-refractivity contribution in [2.75, 3.05) is 24.3 Å². The summed E-state index contributed by atoms with van der Waals surface area (Å²) in [6, 6.07) is 5.29. The molecule has 0 aromatic heterocycles. The third kappa shape index (κ3) is 5.19. The van der Waals surface area contributed by atoms with Gasteiger partial charge in [0.1, 0.15) is 0 Å². The van der Waals surface area contributed by atoms with Crippen molar-refractivity contribution in [3.05, 3.63) is 22.7 Å². The van der Waals surface area contributed by atoms with E-state index in [2.05, 4.69) is 21.2 Å². The highest BCUT2D eigenvalue weighted by molar-refractivity contribution is 9.10. The van der Waals surface area contributed by atoms with Crippen LogP contribution in [0.25, 0.3) is 0 Å². The maximum absolute atomic E-state index is 11.6. The van der Waals surface area contributed by atoms with Gasteiger partial charge in [-0.1, -0.05) is 0 Å². The number of carbonyl (C=O) groups excluding carboxylic acids is 1. The van der Waals surface area contributed by atoms with Crippen LogP contribution < -0.4 is 11.1 Å². The highest BCUT2D eigenvalue weighted by Gasteiger charge is 2.05. The van der Waals surface area contributed by atoms with Crippen LogP contribution in [0.2, 0.25) is 0 Å². The molecule has 0 aliphatic carbocycles. The number of nitrogen functional groups attached to an aromatic ring is 1. The molecule has 1 amide bonds. The van der Waals surface area contributed by atoms with Crippen molar-refractivity contribution < 1.29 is 9.53 Å². The fourth-order valence-corrected chi connectivity index (χ4v) is 1.82. The van der Waals surface area contributed by atoms with E-state index in [1.807, 2.05) is 6.92 Å². The van der Waals surface area contributed by atoms with Crippen LogP contribution in [0.1, 0.15) is 19.8 Å². The second-order valence-corrected chi connectivity index (χ2v) is 4.44. The number of nitrogens with one attached hydrogen (secondary N) is 1. The number of hydrogen-bond acceptors (Lipinski definition) is 3. The quantitative estimate of drug-likeness (QED) is 0.627. The molecular weight excluding hydrogens is 284 g/mol. The van der Waals surface area contributed by atoms with Gasteiger partial charge in [-0.2, -0.15) is 0 Å². The molecule has 1 rings (SSSR count). The van der Waals surface area contributed by atoms with Crippen LogP contribution in [-0.2, 0) is 9.53 Å². The molecule has 0 aliphatic heterocycles. The fourth-order valence-electron chi connectivity index (χ4n) is 1.32. The van der Waals surface area contributed by atoms with E-state index in [0.29, 0.717) is 25.3 Å². The minimum atomic E-state index is -0.0184. The van der Waals surface area contributed by atoms with Crippen molar-refractivity contribution in [2.45, 2.75) is 19.8 Å². The summed E-state index contributed by atoms with van der Waals surface area (Å²) in [7, 11) is 0. The molecule has 5 heteroatoms. The molecule has 0 saturated heterocycles. The average molecular weight is 301 g/mol. The molecule has 1 aromatic rings. The lowest BCUT2D eigenvalue weighted by Crippen LogP contribution is -2.12. The lowest BCUT2D eigenvalue weighted by molar-refractivity contribution is -0.116.